The van der Waals surface area contributed by atoms with Crippen LogP contribution in [-0.4, -0.2) is 10.1 Å². The summed E-state index contributed by atoms with van der Waals surface area (Å²) in [6.07, 6.45) is 6.01. The fourth-order valence-electron chi connectivity index (χ4n) is 2.09. The largest absolute Gasteiger partial charge is 0.335 e. The molecular weight excluding hydrogens is 361 g/mol. The van der Waals surface area contributed by atoms with E-state index in [0.29, 0.717) is 17.3 Å². The maximum Gasteiger partial charge on any atom is 0.250 e. The Morgan fingerprint density at radius 3 is 2.76 bits per heavy atom. The van der Waals surface area contributed by atoms with Crippen LogP contribution in [0.2, 0.25) is 0 Å². The van der Waals surface area contributed by atoms with E-state index in [9.17, 15) is 4.39 Å². The van der Waals surface area contributed by atoms with Gasteiger partial charge in [0.1, 0.15) is 5.82 Å². The fourth-order valence-corrected chi connectivity index (χ4v) is 2.47. The lowest BCUT2D eigenvalue weighted by atomic mass is 9.77. The normalized spacial score (nSPS) is 16.5. The molecular formula is C14H14BrClFN3O. The van der Waals surface area contributed by atoms with Crippen LogP contribution >= 0.6 is 28.3 Å². The highest BCUT2D eigenvalue weighted by Crippen LogP contribution is 2.36. The second kappa shape index (κ2) is 6.25. The van der Waals surface area contributed by atoms with Gasteiger partial charge >= 0.3 is 0 Å². The predicted molar refractivity (Wildman–Crippen MR) is 84.3 cm³/mol. The monoisotopic (exact) mass is 373 g/mol. The van der Waals surface area contributed by atoms with Gasteiger partial charge in [-0.3, -0.25) is 0 Å². The molecule has 4 nitrogen and oxygen atoms in total. The first-order valence-electron chi connectivity index (χ1n) is 6.33. The van der Waals surface area contributed by atoms with Crippen LogP contribution in [0.3, 0.4) is 0 Å². The molecule has 0 amide bonds. The van der Waals surface area contributed by atoms with Gasteiger partial charge in [0.05, 0.1) is 5.54 Å². The molecule has 1 aliphatic carbocycles. The van der Waals surface area contributed by atoms with E-state index < -0.39 is 5.54 Å². The SMILES string of the molecule is Cl.NC1(c2noc(/C=C/c3cc(Br)ccc3F)n2)CCC1. The highest BCUT2D eigenvalue weighted by Gasteiger charge is 2.38. The summed E-state index contributed by atoms with van der Waals surface area (Å²) < 4.78 is 19.5. The lowest BCUT2D eigenvalue weighted by Gasteiger charge is -2.34. The summed E-state index contributed by atoms with van der Waals surface area (Å²) in [5.41, 5.74) is 6.11. The molecule has 3 rings (SSSR count). The van der Waals surface area contributed by atoms with Crippen molar-refractivity contribution in [2.24, 2.45) is 5.73 Å². The molecule has 7 heteroatoms. The van der Waals surface area contributed by atoms with E-state index in [4.69, 9.17) is 10.3 Å². The van der Waals surface area contributed by atoms with Crippen LogP contribution in [0.15, 0.2) is 27.2 Å². The topological polar surface area (TPSA) is 64.9 Å². The molecule has 0 saturated heterocycles. The lowest BCUT2D eigenvalue weighted by molar-refractivity contribution is 0.229. The van der Waals surface area contributed by atoms with Crippen LogP contribution in [0.25, 0.3) is 12.2 Å². The van der Waals surface area contributed by atoms with Crippen LogP contribution < -0.4 is 5.73 Å². The number of benzene rings is 1. The molecule has 1 fully saturated rings. The minimum atomic E-state index is -0.448. The Labute approximate surface area is 136 Å². The Hall–Kier alpha value is -1.24. The van der Waals surface area contributed by atoms with Crippen molar-refractivity contribution in [3.05, 3.63) is 45.8 Å². The van der Waals surface area contributed by atoms with E-state index in [1.165, 1.54) is 6.07 Å². The fraction of sp³-hybridized carbons (Fsp3) is 0.286. The zero-order chi connectivity index (χ0) is 14.2. The standard InChI is InChI=1S/C14H13BrFN3O.ClH/c15-10-3-4-11(16)9(8-10)2-5-12-18-13(19-20-12)14(17)6-1-7-14;/h2-5,8H,1,6-7,17H2;1H/b5-2+;. The molecule has 2 N–H and O–H groups in total. The van der Waals surface area contributed by atoms with Crippen molar-refractivity contribution in [2.75, 3.05) is 0 Å². The molecule has 0 aliphatic heterocycles. The van der Waals surface area contributed by atoms with Crippen molar-refractivity contribution in [3.8, 4) is 0 Å². The Morgan fingerprint density at radius 2 is 2.10 bits per heavy atom. The van der Waals surface area contributed by atoms with Gasteiger partial charge in [-0.15, -0.1) is 12.4 Å². The smallest absolute Gasteiger partial charge is 0.250 e. The van der Waals surface area contributed by atoms with Crippen molar-refractivity contribution in [1.82, 2.24) is 10.1 Å². The number of halogens is 3. The van der Waals surface area contributed by atoms with Crippen LogP contribution in [0, 0.1) is 5.82 Å². The molecule has 0 spiro atoms. The number of rotatable bonds is 3. The zero-order valence-electron chi connectivity index (χ0n) is 11.1. The Balaban J connectivity index is 0.00000161. The first-order valence-corrected chi connectivity index (χ1v) is 7.12. The average molecular weight is 375 g/mol. The van der Waals surface area contributed by atoms with Crippen LogP contribution in [0.4, 0.5) is 4.39 Å². The lowest BCUT2D eigenvalue weighted by Crippen LogP contribution is -2.44. The second-order valence-corrected chi connectivity index (χ2v) is 5.88. The van der Waals surface area contributed by atoms with E-state index in [1.54, 1.807) is 24.3 Å². The highest BCUT2D eigenvalue weighted by molar-refractivity contribution is 9.10. The minimum absolute atomic E-state index is 0. The molecule has 0 bridgehead atoms. The van der Waals surface area contributed by atoms with Crippen LogP contribution in [-0.2, 0) is 5.54 Å². The third-order valence-corrected chi connectivity index (χ3v) is 3.99. The molecule has 0 atom stereocenters. The first kappa shape index (κ1) is 16.1. The van der Waals surface area contributed by atoms with Gasteiger partial charge in [-0.2, -0.15) is 4.98 Å². The Bertz CT molecular complexity index is 670. The van der Waals surface area contributed by atoms with Gasteiger partial charge in [-0.25, -0.2) is 4.39 Å². The summed E-state index contributed by atoms with van der Waals surface area (Å²) in [6.45, 7) is 0. The molecule has 0 unspecified atom stereocenters. The summed E-state index contributed by atoms with van der Waals surface area (Å²) in [4.78, 5) is 4.25. The van der Waals surface area contributed by atoms with Gasteiger partial charge in [-0.1, -0.05) is 21.1 Å². The molecule has 1 aliphatic rings. The molecule has 112 valence electrons. The van der Waals surface area contributed by atoms with E-state index >= 15 is 0 Å². The summed E-state index contributed by atoms with van der Waals surface area (Å²) >= 11 is 3.30. The summed E-state index contributed by atoms with van der Waals surface area (Å²) in [7, 11) is 0. The first-order chi connectivity index (χ1) is 9.57. The zero-order valence-corrected chi connectivity index (χ0v) is 13.5. The summed E-state index contributed by atoms with van der Waals surface area (Å²) in [6, 6.07) is 4.72. The highest BCUT2D eigenvalue weighted by atomic mass is 79.9. The Morgan fingerprint density at radius 1 is 1.33 bits per heavy atom. The number of nitrogens with two attached hydrogens (primary N) is 1. The second-order valence-electron chi connectivity index (χ2n) is 4.97. The average Bonchev–Trinajstić information content (AvgIpc) is 2.86. The molecule has 1 heterocycles. The van der Waals surface area contributed by atoms with Gasteiger partial charge in [-0.05, 0) is 43.5 Å². The van der Waals surface area contributed by atoms with Gasteiger partial charge in [0, 0.05) is 16.1 Å². The number of aromatic nitrogens is 2. The van der Waals surface area contributed by atoms with E-state index in [1.807, 2.05) is 0 Å². The third kappa shape index (κ3) is 3.33. The maximum absolute atomic E-state index is 13.6. The van der Waals surface area contributed by atoms with Gasteiger partial charge in [0.2, 0.25) is 0 Å². The molecule has 1 aromatic carbocycles. The van der Waals surface area contributed by atoms with Crippen molar-refractivity contribution >= 4 is 40.5 Å². The summed E-state index contributed by atoms with van der Waals surface area (Å²) in [5.74, 6) is 0.549. The van der Waals surface area contributed by atoms with Crippen molar-refractivity contribution in [1.29, 1.82) is 0 Å². The summed E-state index contributed by atoms with van der Waals surface area (Å²) in [5, 5.41) is 3.90. The van der Waals surface area contributed by atoms with Gasteiger partial charge in [0.15, 0.2) is 5.82 Å². The van der Waals surface area contributed by atoms with E-state index in [-0.39, 0.29) is 18.2 Å². The quantitative estimate of drug-likeness (QED) is 0.885. The maximum atomic E-state index is 13.6. The predicted octanol–water partition coefficient (Wildman–Crippen LogP) is 3.90. The number of hydrogen-bond acceptors (Lipinski definition) is 4. The van der Waals surface area contributed by atoms with Crippen LogP contribution in [0.5, 0.6) is 0 Å². The van der Waals surface area contributed by atoms with Gasteiger partial charge < -0.3 is 10.3 Å². The van der Waals surface area contributed by atoms with Crippen molar-refractivity contribution in [2.45, 2.75) is 24.8 Å². The van der Waals surface area contributed by atoms with Gasteiger partial charge in [0.25, 0.3) is 5.89 Å². The van der Waals surface area contributed by atoms with E-state index in [0.717, 1.165) is 23.7 Å². The van der Waals surface area contributed by atoms with E-state index in [2.05, 4.69) is 26.1 Å². The molecule has 2 aromatic rings. The molecule has 21 heavy (non-hydrogen) atoms. The minimum Gasteiger partial charge on any atom is -0.335 e. The van der Waals surface area contributed by atoms with Crippen molar-refractivity contribution < 1.29 is 8.91 Å². The number of nitrogens with zero attached hydrogens (tertiary/aromatic N) is 2. The molecule has 1 saturated carbocycles. The molecule has 0 radical (unpaired) electrons. The molecule has 1 aromatic heterocycles. The number of hydrogen-bond donors (Lipinski definition) is 1. The van der Waals surface area contributed by atoms with Crippen LogP contribution in [0.1, 0.15) is 36.5 Å². The third-order valence-electron chi connectivity index (χ3n) is 3.50. The Kier molecular flexibility index (Phi) is 4.81. The van der Waals surface area contributed by atoms with Crippen molar-refractivity contribution in [3.63, 3.8) is 0 Å².